The zero-order valence-corrected chi connectivity index (χ0v) is 14.9. The van der Waals surface area contributed by atoms with E-state index in [0.717, 1.165) is 10.4 Å². The third kappa shape index (κ3) is 2.79. The maximum Gasteiger partial charge on any atom is 0.280 e. The number of hydrogen-bond acceptors (Lipinski definition) is 3. The lowest BCUT2D eigenvalue weighted by Gasteiger charge is -2.28. The molecular formula is C19H12ClN3O2S. The van der Waals surface area contributed by atoms with Crippen LogP contribution in [0.25, 0.3) is 10.8 Å². The number of halogens is 1. The van der Waals surface area contributed by atoms with E-state index < -0.39 is 11.8 Å². The summed E-state index contributed by atoms with van der Waals surface area (Å²) in [5, 5.41) is 6.09. The molecule has 0 bridgehead atoms. The summed E-state index contributed by atoms with van der Waals surface area (Å²) in [7, 11) is 0. The van der Waals surface area contributed by atoms with Gasteiger partial charge in [-0.05, 0) is 54.0 Å². The molecule has 0 aliphatic carbocycles. The fourth-order valence-corrected chi connectivity index (χ4v) is 3.26. The van der Waals surface area contributed by atoms with Crippen molar-refractivity contribution in [1.82, 2.24) is 10.4 Å². The summed E-state index contributed by atoms with van der Waals surface area (Å²) in [6, 6.07) is 17.6. The molecule has 2 amide bonds. The molecule has 0 radical (unpaired) electrons. The Morgan fingerprint density at radius 2 is 1.46 bits per heavy atom. The van der Waals surface area contributed by atoms with Crippen LogP contribution in [0.1, 0.15) is 20.7 Å². The number of amides is 2. The molecule has 4 rings (SSSR count). The molecule has 0 unspecified atom stereocenters. The Labute approximate surface area is 159 Å². The summed E-state index contributed by atoms with van der Waals surface area (Å²) < 4.78 is 0. The van der Waals surface area contributed by atoms with E-state index in [1.165, 1.54) is 0 Å². The highest BCUT2D eigenvalue weighted by Crippen LogP contribution is 2.29. The van der Waals surface area contributed by atoms with Crippen molar-refractivity contribution in [2.45, 2.75) is 0 Å². The van der Waals surface area contributed by atoms with Gasteiger partial charge in [0.15, 0.2) is 5.11 Å². The van der Waals surface area contributed by atoms with Crippen LogP contribution in [0.2, 0.25) is 5.02 Å². The van der Waals surface area contributed by atoms with Crippen LogP contribution in [0, 0.1) is 0 Å². The van der Waals surface area contributed by atoms with Crippen LogP contribution >= 0.6 is 23.8 Å². The SMILES string of the molecule is O=C1c2cccc3cccc(c23)C(=O)N1NC(=S)Nc1ccc(Cl)cc1. The Morgan fingerprint density at radius 1 is 0.885 bits per heavy atom. The van der Waals surface area contributed by atoms with Gasteiger partial charge in [-0.1, -0.05) is 35.9 Å². The minimum atomic E-state index is -0.445. The molecule has 1 heterocycles. The molecule has 3 aromatic carbocycles. The number of benzene rings is 3. The zero-order valence-electron chi connectivity index (χ0n) is 13.3. The van der Waals surface area contributed by atoms with E-state index in [-0.39, 0.29) is 5.11 Å². The van der Waals surface area contributed by atoms with Crippen molar-refractivity contribution >= 4 is 57.2 Å². The topological polar surface area (TPSA) is 61.4 Å². The lowest BCUT2D eigenvalue weighted by molar-refractivity contribution is 0.0568. The average Bonchev–Trinajstić information content (AvgIpc) is 2.65. The number of rotatable bonds is 2. The average molecular weight is 382 g/mol. The molecule has 7 heteroatoms. The second kappa shape index (κ2) is 6.40. The van der Waals surface area contributed by atoms with Gasteiger partial charge in [-0.3, -0.25) is 15.0 Å². The molecular weight excluding hydrogens is 370 g/mol. The summed E-state index contributed by atoms with van der Waals surface area (Å²) in [5.41, 5.74) is 4.29. The number of imide groups is 1. The van der Waals surface area contributed by atoms with Crippen LogP contribution in [-0.4, -0.2) is 21.9 Å². The minimum Gasteiger partial charge on any atom is -0.331 e. The Kier molecular flexibility index (Phi) is 4.06. The van der Waals surface area contributed by atoms with E-state index in [4.69, 9.17) is 23.8 Å². The molecule has 5 nitrogen and oxygen atoms in total. The fourth-order valence-electron chi connectivity index (χ4n) is 2.93. The summed E-state index contributed by atoms with van der Waals surface area (Å²) in [5.74, 6) is -0.890. The maximum atomic E-state index is 12.8. The summed E-state index contributed by atoms with van der Waals surface area (Å²) in [6.45, 7) is 0. The Bertz CT molecular complexity index is 1020. The van der Waals surface area contributed by atoms with E-state index in [2.05, 4.69) is 10.7 Å². The number of carbonyl (C=O) groups excluding carboxylic acids is 2. The van der Waals surface area contributed by atoms with E-state index in [9.17, 15) is 9.59 Å². The fraction of sp³-hybridized carbons (Fsp3) is 0. The highest BCUT2D eigenvalue weighted by atomic mass is 35.5. The van der Waals surface area contributed by atoms with E-state index in [1.54, 1.807) is 48.5 Å². The molecule has 0 aromatic heterocycles. The molecule has 0 fully saturated rings. The van der Waals surface area contributed by atoms with Gasteiger partial charge in [0.05, 0.1) is 11.1 Å². The third-order valence-electron chi connectivity index (χ3n) is 4.09. The number of thiocarbonyl (C=S) groups is 1. The lowest BCUT2D eigenvalue weighted by Crippen LogP contribution is -2.52. The van der Waals surface area contributed by atoms with Crippen molar-refractivity contribution in [2.75, 3.05) is 5.32 Å². The van der Waals surface area contributed by atoms with E-state index >= 15 is 0 Å². The highest BCUT2D eigenvalue weighted by molar-refractivity contribution is 7.80. The van der Waals surface area contributed by atoms with Crippen molar-refractivity contribution in [3.63, 3.8) is 0 Å². The van der Waals surface area contributed by atoms with Crippen LogP contribution in [0.15, 0.2) is 60.7 Å². The summed E-state index contributed by atoms with van der Waals surface area (Å²) >= 11 is 11.1. The van der Waals surface area contributed by atoms with Crippen molar-refractivity contribution in [3.05, 3.63) is 76.8 Å². The Hall–Kier alpha value is -2.96. The predicted molar refractivity (Wildman–Crippen MR) is 105 cm³/mol. The standard InChI is InChI=1S/C19H12ClN3O2S/c20-12-7-9-13(10-8-12)21-19(26)22-23-17(24)14-5-1-3-11-4-2-6-15(16(11)14)18(23)25/h1-10H,(H2,21,22,26). The van der Waals surface area contributed by atoms with Gasteiger partial charge in [0, 0.05) is 16.1 Å². The van der Waals surface area contributed by atoms with E-state index in [0.29, 0.717) is 27.2 Å². The molecule has 0 spiro atoms. The highest BCUT2D eigenvalue weighted by Gasteiger charge is 2.33. The molecule has 2 N–H and O–H groups in total. The van der Waals surface area contributed by atoms with Gasteiger partial charge in [0.1, 0.15) is 0 Å². The number of anilines is 1. The molecule has 0 saturated heterocycles. The van der Waals surface area contributed by atoms with Gasteiger partial charge in [-0.25, -0.2) is 0 Å². The quantitative estimate of drug-likeness (QED) is 0.519. The minimum absolute atomic E-state index is 0.126. The number of nitrogens with one attached hydrogen (secondary N) is 2. The first-order valence-corrected chi connectivity index (χ1v) is 8.57. The first-order valence-electron chi connectivity index (χ1n) is 7.78. The zero-order chi connectivity index (χ0) is 18.3. The number of hydrogen-bond donors (Lipinski definition) is 2. The van der Waals surface area contributed by atoms with Gasteiger partial charge in [-0.2, -0.15) is 5.01 Å². The molecule has 128 valence electrons. The third-order valence-corrected chi connectivity index (χ3v) is 4.53. The molecule has 26 heavy (non-hydrogen) atoms. The van der Waals surface area contributed by atoms with Crippen LogP contribution in [0.4, 0.5) is 5.69 Å². The van der Waals surface area contributed by atoms with Crippen LogP contribution in [0.3, 0.4) is 0 Å². The molecule has 0 atom stereocenters. The van der Waals surface area contributed by atoms with Crippen molar-refractivity contribution in [1.29, 1.82) is 0 Å². The van der Waals surface area contributed by atoms with Gasteiger partial charge in [0.2, 0.25) is 0 Å². The van der Waals surface area contributed by atoms with Gasteiger partial charge in [-0.15, -0.1) is 0 Å². The van der Waals surface area contributed by atoms with Gasteiger partial charge in [0.25, 0.3) is 11.8 Å². The molecule has 0 saturated carbocycles. The smallest absolute Gasteiger partial charge is 0.280 e. The monoisotopic (exact) mass is 381 g/mol. The first-order chi connectivity index (χ1) is 12.5. The van der Waals surface area contributed by atoms with Crippen LogP contribution in [0.5, 0.6) is 0 Å². The summed E-state index contributed by atoms with van der Waals surface area (Å²) in [4.78, 5) is 25.6. The Morgan fingerprint density at radius 3 is 2.04 bits per heavy atom. The largest absolute Gasteiger partial charge is 0.331 e. The van der Waals surface area contributed by atoms with E-state index in [1.807, 2.05) is 12.1 Å². The molecule has 1 aliphatic heterocycles. The van der Waals surface area contributed by atoms with Gasteiger partial charge >= 0.3 is 0 Å². The second-order valence-electron chi connectivity index (χ2n) is 5.73. The van der Waals surface area contributed by atoms with Crippen molar-refractivity contribution in [2.24, 2.45) is 0 Å². The van der Waals surface area contributed by atoms with Crippen LogP contribution < -0.4 is 10.7 Å². The van der Waals surface area contributed by atoms with Crippen molar-refractivity contribution in [3.8, 4) is 0 Å². The number of hydrazine groups is 1. The number of carbonyl (C=O) groups is 2. The molecule has 3 aromatic rings. The normalized spacial score (nSPS) is 13.0. The second-order valence-corrected chi connectivity index (χ2v) is 6.57. The van der Waals surface area contributed by atoms with Gasteiger partial charge < -0.3 is 5.32 Å². The van der Waals surface area contributed by atoms with Crippen LogP contribution in [-0.2, 0) is 0 Å². The maximum absolute atomic E-state index is 12.8. The predicted octanol–water partition coefficient (Wildman–Crippen LogP) is 3.99. The summed E-state index contributed by atoms with van der Waals surface area (Å²) in [6.07, 6.45) is 0. The van der Waals surface area contributed by atoms with Crippen molar-refractivity contribution < 1.29 is 9.59 Å². The Balaban J connectivity index is 1.62. The molecule has 1 aliphatic rings. The first kappa shape index (κ1) is 16.5. The number of nitrogens with zero attached hydrogens (tertiary/aromatic N) is 1. The lowest BCUT2D eigenvalue weighted by atomic mass is 9.95.